The number of nitrogens with two attached hydrogens (primary N) is 1. The van der Waals surface area contributed by atoms with Crippen molar-refractivity contribution in [3.8, 4) is 0 Å². The van der Waals surface area contributed by atoms with Crippen molar-refractivity contribution >= 4 is 19.8 Å². The van der Waals surface area contributed by atoms with Crippen molar-refractivity contribution in [2.75, 3.05) is 26.4 Å². The van der Waals surface area contributed by atoms with Crippen LogP contribution in [0.25, 0.3) is 0 Å². The van der Waals surface area contributed by atoms with E-state index in [1.807, 2.05) is 0 Å². The van der Waals surface area contributed by atoms with E-state index >= 15 is 0 Å². The zero-order valence-corrected chi connectivity index (χ0v) is 31.9. The molecule has 0 saturated heterocycles. The number of hydrogen-bond donors (Lipinski definition) is 2. The Morgan fingerprint density at radius 3 is 1.48 bits per heavy atom. The van der Waals surface area contributed by atoms with Gasteiger partial charge in [-0.25, -0.2) is 4.57 Å². The maximum Gasteiger partial charge on any atom is 0.472 e. The summed E-state index contributed by atoms with van der Waals surface area (Å²) in [5, 5.41) is 0. The molecule has 0 amide bonds. The van der Waals surface area contributed by atoms with E-state index in [1.54, 1.807) is 0 Å². The molecule has 9 nitrogen and oxygen atoms in total. The first-order chi connectivity index (χ1) is 23.3. The molecule has 1 unspecified atom stereocenters. The fraction of sp³-hybridized carbons (Fsp3) is 0.895. The topological polar surface area (TPSA) is 134 Å². The maximum absolute atomic E-state index is 12.5. The highest BCUT2D eigenvalue weighted by molar-refractivity contribution is 7.47. The molecule has 284 valence electrons. The highest BCUT2D eigenvalue weighted by Crippen LogP contribution is 2.43. The minimum atomic E-state index is -4.37. The number of carbonyl (C=O) groups is 2. The summed E-state index contributed by atoms with van der Waals surface area (Å²) in [4.78, 5) is 34.7. The Kier molecular flexibility index (Phi) is 34.6. The highest BCUT2D eigenvalue weighted by atomic mass is 31.2. The molecule has 48 heavy (non-hydrogen) atoms. The zero-order chi connectivity index (χ0) is 35.4. The highest BCUT2D eigenvalue weighted by Gasteiger charge is 2.25. The number of unbranched alkanes of at least 4 members (excludes halogenated alkanes) is 22. The first kappa shape index (κ1) is 46.8. The van der Waals surface area contributed by atoms with Gasteiger partial charge in [0.05, 0.1) is 13.2 Å². The molecule has 0 aromatic carbocycles. The largest absolute Gasteiger partial charge is 0.472 e. The monoisotopic (exact) mass is 704 g/mol. The zero-order valence-electron chi connectivity index (χ0n) is 31.0. The van der Waals surface area contributed by atoms with Gasteiger partial charge >= 0.3 is 19.8 Å². The summed E-state index contributed by atoms with van der Waals surface area (Å²) in [5.74, 6) is -0.832. The summed E-state index contributed by atoms with van der Waals surface area (Å²) < 4.78 is 32.7. The van der Waals surface area contributed by atoms with E-state index in [9.17, 15) is 19.0 Å². The summed E-state index contributed by atoms with van der Waals surface area (Å²) in [7, 11) is -4.37. The molecule has 0 aliphatic carbocycles. The van der Waals surface area contributed by atoms with Crippen LogP contribution in [0.2, 0.25) is 0 Å². The van der Waals surface area contributed by atoms with Crippen molar-refractivity contribution in [1.82, 2.24) is 0 Å². The Hall–Kier alpha value is -1.25. The third kappa shape index (κ3) is 34.6. The first-order valence-electron chi connectivity index (χ1n) is 19.7. The van der Waals surface area contributed by atoms with Crippen LogP contribution in [0.1, 0.15) is 187 Å². The minimum absolute atomic E-state index is 0.0549. The van der Waals surface area contributed by atoms with Gasteiger partial charge in [0.25, 0.3) is 0 Å². The average molecular weight is 704 g/mol. The third-order valence-corrected chi connectivity index (χ3v) is 9.39. The van der Waals surface area contributed by atoms with Gasteiger partial charge in [0.1, 0.15) is 6.61 Å². The molecule has 0 rings (SSSR count). The van der Waals surface area contributed by atoms with E-state index in [-0.39, 0.29) is 38.6 Å². The second kappa shape index (κ2) is 35.6. The van der Waals surface area contributed by atoms with Gasteiger partial charge in [0, 0.05) is 19.4 Å². The Morgan fingerprint density at radius 1 is 0.604 bits per heavy atom. The van der Waals surface area contributed by atoms with Gasteiger partial charge in [0.15, 0.2) is 6.10 Å². The maximum atomic E-state index is 12.5. The Balaban J connectivity index is 4.20. The normalized spacial score (nSPS) is 13.5. The predicted molar refractivity (Wildman–Crippen MR) is 197 cm³/mol. The molecule has 3 N–H and O–H groups in total. The number of ether oxygens (including phenoxy) is 2. The molecule has 0 aromatic heterocycles. The van der Waals surface area contributed by atoms with Crippen molar-refractivity contribution in [2.45, 2.75) is 193 Å². The summed E-state index contributed by atoms with van der Waals surface area (Å²) >= 11 is 0. The molecule has 0 radical (unpaired) electrons. The Labute approximate surface area is 294 Å². The molecule has 0 bridgehead atoms. The fourth-order valence-electron chi connectivity index (χ4n) is 5.45. The van der Waals surface area contributed by atoms with Gasteiger partial charge in [-0.2, -0.15) is 0 Å². The quantitative estimate of drug-likeness (QED) is 0.0280. The molecular formula is C38H74NO8P. The van der Waals surface area contributed by atoms with Crippen molar-refractivity contribution in [3.05, 3.63) is 12.2 Å². The number of rotatable bonds is 37. The summed E-state index contributed by atoms with van der Waals surface area (Å²) in [6.07, 6.45) is 33.8. The number of hydrogen-bond acceptors (Lipinski definition) is 8. The fourth-order valence-corrected chi connectivity index (χ4v) is 6.22. The van der Waals surface area contributed by atoms with E-state index in [0.717, 1.165) is 51.4 Å². The predicted octanol–water partition coefficient (Wildman–Crippen LogP) is 10.7. The second-order valence-electron chi connectivity index (χ2n) is 13.2. The second-order valence-corrected chi connectivity index (χ2v) is 14.6. The smallest absolute Gasteiger partial charge is 0.462 e. The SMILES string of the molecule is CCCCCCC/C=C\CCCCCCCC(=O)OC[C@H](COP(=O)(O)OCCN)OC(=O)CCCCCCCCCCCCCCC. The Bertz CT molecular complexity index is 810. The third-order valence-electron chi connectivity index (χ3n) is 8.40. The van der Waals surface area contributed by atoms with Crippen molar-refractivity contribution < 1.29 is 37.6 Å². The van der Waals surface area contributed by atoms with Crippen LogP contribution in [-0.2, 0) is 32.7 Å². The lowest BCUT2D eigenvalue weighted by Crippen LogP contribution is -2.29. The lowest BCUT2D eigenvalue weighted by molar-refractivity contribution is -0.161. The van der Waals surface area contributed by atoms with Crippen LogP contribution in [0.5, 0.6) is 0 Å². The van der Waals surface area contributed by atoms with E-state index in [2.05, 4.69) is 26.0 Å². The average Bonchev–Trinajstić information content (AvgIpc) is 3.07. The summed E-state index contributed by atoms with van der Waals surface area (Å²) in [6, 6.07) is 0. The number of allylic oxidation sites excluding steroid dienone is 2. The molecule has 0 aliphatic rings. The van der Waals surface area contributed by atoms with Crippen molar-refractivity contribution in [1.29, 1.82) is 0 Å². The van der Waals surface area contributed by atoms with E-state index in [1.165, 1.54) is 103 Å². The number of phosphoric ester groups is 1. The van der Waals surface area contributed by atoms with Crippen LogP contribution < -0.4 is 5.73 Å². The van der Waals surface area contributed by atoms with Gasteiger partial charge in [-0.3, -0.25) is 18.6 Å². The van der Waals surface area contributed by atoms with Crippen molar-refractivity contribution in [3.63, 3.8) is 0 Å². The van der Waals surface area contributed by atoms with E-state index in [4.69, 9.17) is 24.3 Å². The van der Waals surface area contributed by atoms with Gasteiger partial charge in [0.2, 0.25) is 0 Å². The first-order valence-corrected chi connectivity index (χ1v) is 21.2. The van der Waals surface area contributed by atoms with Gasteiger partial charge in [-0.05, 0) is 38.5 Å². The molecule has 0 fully saturated rings. The molecule has 10 heteroatoms. The molecule has 0 saturated carbocycles. The van der Waals surface area contributed by atoms with Crippen LogP contribution in [-0.4, -0.2) is 49.3 Å². The van der Waals surface area contributed by atoms with Crippen LogP contribution in [0.3, 0.4) is 0 Å². The number of phosphoric acid groups is 1. The van der Waals surface area contributed by atoms with Gasteiger partial charge < -0.3 is 20.1 Å². The molecular weight excluding hydrogens is 629 g/mol. The molecule has 0 aromatic rings. The molecule has 2 atom stereocenters. The minimum Gasteiger partial charge on any atom is -0.462 e. The van der Waals surface area contributed by atoms with Crippen LogP contribution in [0.15, 0.2) is 12.2 Å². The Morgan fingerprint density at radius 2 is 1.02 bits per heavy atom. The molecule has 0 heterocycles. The van der Waals surface area contributed by atoms with Crippen molar-refractivity contribution in [2.24, 2.45) is 5.73 Å². The van der Waals surface area contributed by atoms with Gasteiger partial charge in [-0.15, -0.1) is 0 Å². The van der Waals surface area contributed by atoms with Crippen LogP contribution in [0.4, 0.5) is 0 Å². The summed E-state index contributed by atoms with van der Waals surface area (Å²) in [5.41, 5.74) is 5.33. The van der Waals surface area contributed by atoms with E-state index < -0.39 is 26.5 Å². The molecule has 0 aliphatic heterocycles. The summed E-state index contributed by atoms with van der Waals surface area (Å²) in [6.45, 7) is 3.72. The number of esters is 2. The van der Waals surface area contributed by atoms with Crippen LogP contribution >= 0.6 is 7.82 Å². The molecule has 0 spiro atoms. The van der Waals surface area contributed by atoms with E-state index in [0.29, 0.717) is 6.42 Å². The lowest BCUT2D eigenvalue weighted by Gasteiger charge is -2.19. The lowest BCUT2D eigenvalue weighted by atomic mass is 10.0. The van der Waals surface area contributed by atoms with Gasteiger partial charge in [-0.1, -0.05) is 148 Å². The number of carbonyl (C=O) groups excluding carboxylic acids is 2. The standard InChI is InChI=1S/C38H74NO8P/c1-3-5-7-9-11-13-15-17-19-20-22-24-26-28-30-37(40)44-34-36(35-46-48(42,43)45-33-32-39)47-38(41)31-29-27-25-23-21-18-16-14-12-10-8-6-4-2/h15,17,36H,3-14,16,18-35,39H2,1-2H3,(H,42,43)/b17-15-/t36-/m1/s1. The van der Waals surface area contributed by atoms with Crippen LogP contribution in [0, 0.1) is 0 Å².